The number of carbonyl (C=O) groups excluding carboxylic acids is 1. The third-order valence-electron chi connectivity index (χ3n) is 4.63. The molecule has 0 saturated carbocycles. The predicted octanol–water partition coefficient (Wildman–Crippen LogP) is 5.13. The summed E-state index contributed by atoms with van der Waals surface area (Å²) in [5, 5.41) is 3.44. The zero-order valence-corrected chi connectivity index (χ0v) is 15.8. The Labute approximate surface area is 160 Å². The molecule has 5 heteroatoms. The predicted molar refractivity (Wildman–Crippen MR) is 107 cm³/mol. The molecule has 26 heavy (non-hydrogen) atoms. The van der Waals surface area contributed by atoms with Crippen LogP contribution < -0.4 is 15.0 Å². The maximum Gasteiger partial charge on any atom is 0.265 e. The van der Waals surface area contributed by atoms with Crippen molar-refractivity contribution < 1.29 is 9.53 Å². The van der Waals surface area contributed by atoms with Crippen LogP contribution in [0.3, 0.4) is 0 Å². The quantitative estimate of drug-likeness (QED) is 0.764. The van der Waals surface area contributed by atoms with Gasteiger partial charge in [0.05, 0.1) is 5.02 Å². The van der Waals surface area contributed by atoms with Gasteiger partial charge in [0.1, 0.15) is 5.75 Å². The monoisotopic (exact) mass is 372 g/mol. The van der Waals surface area contributed by atoms with Crippen LogP contribution in [0.15, 0.2) is 48.5 Å². The largest absolute Gasteiger partial charge is 0.479 e. The van der Waals surface area contributed by atoms with Crippen LogP contribution in [-0.4, -0.2) is 25.1 Å². The second kappa shape index (κ2) is 8.95. The first-order valence-corrected chi connectivity index (χ1v) is 9.62. The van der Waals surface area contributed by atoms with Gasteiger partial charge in [0, 0.05) is 24.5 Å². The summed E-state index contributed by atoms with van der Waals surface area (Å²) in [7, 11) is 0. The minimum Gasteiger partial charge on any atom is -0.479 e. The van der Waals surface area contributed by atoms with Crippen molar-refractivity contribution in [2.45, 2.75) is 38.7 Å². The molecular formula is C21H25ClN2O2. The summed E-state index contributed by atoms with van der Waals surface area (Å²) in [6, 6.07) is 15.2. The molecule has 138 valence electrons. The van der Waals surface area contributed by atoms with Crippen molar-refractivity contribution in [2.24, 2.45) is 0 Å². The summed E-state index contributed by atoms with van der Waals surface area (Å²) in [5.41, 5.74) is 1.99. The van der Waals surface area contributed by atoms with E-state index in [1.165, 1.54) is 24.9 Å². The highest BCUT2D eigenvalue weighted by Crippen LogP contribution is 2.26. The van der Waals surface area contributed by atoms with Gasteiger partial charge in [-0.1, -0.05) is 30.7 Å². The van der Waals surface area contributed by atoms with Crippen LogP contribution in [0, 0.1) is 0 Å². The van der Waals surface area contributed by atoms with Crippen molar-refractivity contribution in [3.05, 3.63) is 53.6 Å². The maximum absolute atomic E-state index is 12.6. The van der Waals surface area contributed by atoms with Crippen molar-refractivity contribution in [3.8, 4) is 5.75 Å². The van der Waals surface area contributed by atoms with Crippen LogP contribution in [0.25, 0.3) is 0 Å². The van der Waals surface area contributed by atoms with Crippen molar-refractivity contribution in [1.29, 1.82) is 0 Å². The van der Waals surface area contributed by atoms with Crippen molar-refractivity contribution in [2.75, 3.05) is 23.3 Å². The number of carbonyl (C=O) groups is 1. The molecule has 0 spiro atoms. The fourth-order valence-electron chi connectivity index (χ4n) is 3.15. The third-order valence-corrected chi connectivity index (χ3v) is 4.94. The number of para-hydroxylation sites is 1. The smallest absolute Gasteiger partial charge is 0.265 e. The Morgan fingerprint density at radius 2 is 1.81 bits per heavy atom. The molecule has 1 aliphatic rings. The molecule has 4 nitrogen and oxygen atoms in total. The van der Waals surface area contributed by atoms with Gasteiger partial charge in [-0.05, 0) is 62.1 Å². The van der Waals surface area contributed by atoms with Crippen LogP contribution in [-0.2, 0) is 4.79 Å². The fourth-order valence-corrected chi connectivity index (χ4v) is 3.33. The Kier molecular flexibility index (Phi) is 6.40. The lowest BCUT2D eigenvalue weighted by Crippen LogP contribution is -2.32. The Morgan fingerprint density at radius 1 is 1.12 bits per heavy atom. The van der Waals surface area contributed by atoms with Gasteiger partial charge in [-0.2, -0.15) is 0 Å². The van der Waals surface area contributed by atoms with Gasteiger partial charge >= 0.3 is 0 Å². The Bertz CT molecular complexity index is 727. The van der Waals surface area contributed by atoms with Crippen LogP contribution >= 0.6 is 11.6 Å². The number of rotatable bonds is 6. The van der Waals surface area contributed by atoms with Gasteiger partial charge < -0.3 is 15.0 Å². The van der Waals surface area contributed by atoms with E-state index in [1.54, 1.807) is 12.1 Å². The number of ether oxygens (including phenoxy) is 1. The molecule has 1 atom stereocenters. The molecule has 2 aromatic rings. The molecule has 1 aliphatic heterocycles. The SMILES string of the molecule is CC[C@H](Oc1ccccc1Cl)C(=O)Nc1ccc(N2CCCCC2)cc1. The molecule has 0 aromatic heterocycles. The lowest BCUT2D eigenvalue weighted by molar-refractivity contribution is -0.122. The lowest BCUT2D eigenvalue weighted by Gasteiger charge is -2.29. The summed E-state index contributed by atoms with van der Waals surface area (Å²) in [5.74, 6) is 0.356. The third kappa shape index (κ3) is 4.70. The van der Waals surface area contributed by atoms with E-state index < -0.39 is 6.10 Å². The zero-order valence-electron chi connectivity index (χ0n) is 15.1. The maximum atomic E-state index is 12.6. The first-order chi connectivity index (χ1) is 12.7. The second-order valence-corrected chi connectivity index (χ2v) is 6.94. The number of hydrogen-bond acceptors (Lipinski definition) is 3. The van der Waals surface area contributed by atoms with Crippen molar-refractivity contribution in [1.82, 2.24) is 0 Å². The van der Waals surface area contributed by atoms with E-state index >= 15 is 0 Å². The van der Waals surface area contributed by atoms with E-state index in [0.717, 1.165) is 18.8 Å². The molecule has 2 aromatic carbocycles. The van der Waals surface area contributed by atoms with Gasteiger partial charge in [0.2, 0.25) is 0 Å². The summed E-state index contributed by atoms with van der Waals surface area (Å²) in [4.78, 5) is 14.9. The van der Waals surface area contributed by atoms with E-state index in [9.17, 15) is 4.79 Å². The van der Waals surface area contributed by atoms with Gasteiger partial charge in [0.25, 0.3) is 5.91 Å². The van der Waals surface area contributed by atoms with Crippen molar-refractivity contribution >= 4 is 28.9 Å². The average molecular weight is 373 g/mol. The number of piperidine rings is 1. The zero-order chi connectivity index (χ0) is 18.4. The van der Waals surface area contributed by atoms with Crippen LogP contribution in [0.4, 0.5) is 11.4 Å². The van der Waals surface area contributed by atoms with Crippen molar-refractivity contribution in [3.63, 3.8) is 0 Å². The van der Waals surface area contributed by atoms with Gasteiger partial charge in [-0.15, -0.1) is 0 Å². The number of halogens is 1. The average Bonchev–Trinajstić information content (AvgIpc) is 2.68. The summed E-state index contributed by atoms with van der Waals surface area (Å²) < 4.78 is 5.80. The minimum atomic E-state index is -0.586. The molecule has 1 amide bonds. The standard InChI is InChI=1S/C21H25ClN2O2/c1-2-19(26-20-9-5-4-8-18(20)22)21(25)23-16-10-12-17(13-11-16)24-14-6-3-7-15-24/h4-5,8-13,19H,2-3,6-7,14-15H2,1H3,(H,23,25)/t19-/m0/s1. The number of hydrogen-bond donors (Lipinski definition) is 1. The molecule has 0 aliphatic carbocycles. The first-order valence-electron chi connectivity index (χ1n) is 9.24. The van der Waals surface area contributed by atoms with E-state index in [4.69, 9.17) is 16.3 Å². The molecule has 1 fully saturated rings. The number of amides is 1. The molecular weight excluding hydrogens is 348 g/mol. The van der Waals surface area contributed by atoms with Crippen LogP contribution in [0.1, 0.15) is 32.6 Å². The number of nitrogens with one attached hydrogen (secondary N) is 1. The summed E-state index contributed by atoms with van der Waals surface area (Å²) in [6.07, 6.45) is 3.78. The Morgan fingerprint density at radius 3 is 2.46 bits per heavy atom. The molecule has 0 radical (unpaired) electrons. The number of nitrogens with zero attached hydrogens (tertiary/aromatic N) is 1. The highest BCUT2D eigenvalue weighted by atomic mass is 35.5. The summed E-state index contributed by atoms with van der Waals surface area (Å²) >= 11 is 6.12. The second-order valence-electron chi connectivity index (χ2n) is 6.53. The normalized spacial score (nSPS) is 15.4. The topological polar surface area (TPSA) is 41.6 Å². The first kappa shape index (κ1) is 18.6. The molecule has 1 N–H and O–H groups in total. The molecule has 0 unspecified atom stereocenters. The highest BCUT2D eigenvalue weighted by Gasteiger charge is 2.20. The Balaban J connectivity index is 1.61. The molecule has 0 bridgehead atoms. The van der Waals surface area contributed by atoms with Gasteiger partial charge in [0.15, 0.2) is 6.10 Å². The highest BCUT2D eigenvalue weighted by molar-refractivity contribution is 6.32. The number of benzene rings is 2. The fraction of sp³-hybridized carbons (Fsp3) is 0.381. The van der Waals surface area contributed by atoms with Crippen LogP contribution in [0.5, 0.6) is 5.75 Å². The van der Waals surface area contributed by atoms with Crippen LogP contribution in [0.2, 0.25) is 5.02 Å². The van der Waals surface area contributed by atoms with E-state index in [-0.39, 0.29) is 5.91 Å². The molecule has 3 rings (SSSR count). The van der Waals surface area contributed by atoms with Gasteiger partial charge in [-0.3, -0.25) is 4.79 Å². The molecule has 1 saturated heterocycles. The summed E-state index contributed by atoms with van der Waals surface area (Å²) in [6.45, 7) is 4.13. The van der Waals surface area contributed by atoms with Gasteiger partial charge in [-0.25, -0.2) is 0 Å². The minimum absolute atomic E-state index is 0.168. The van der Waals surface area contributed by atoms with E-state index in [1.807, 2.05) is 31.2 Å². The van der Waals surface area contributed by atoms with E-state index in [2.05, 4.69) is 22.3 Å². The lowest BCUT2D eigenvalue weighted by atomic mass is 10.1. The Hall–Kier alpha value is -2.20. The van der Waals surface area contributed by atoms with E-state index in [0.29, 0.717) is 17.2 Å². The number of anilines is 2. The molecule has 1 heterocycles.